The van der Waals surface area contributed by atoms with Crippen molar-refractivity contribution in [2.24, 2.45) is 5.73 Å². The molecule has 0 aliphatic carbocycles. The summed E-state index contributed by atoms with van der Waals surface area (Å²) in [6.45, 7) is 0. The van der Waals surface area contributed by atoms with Crippen LogP contribution in [0.1, 0.15) is 16.2 Å². The minimum atomic E-state index is -1.32. The summed E-state index contributed by atoms with van der Waals surface area (Å²) in [4.78, 5) is 28.0. The Morgan fingerprint density at radius 2 is 2.13 bits per heavy atom. The number of amides is 1. The Balaban J connectivity index is 3.15. The van der Waals surface area contributed by atoms with Gasteiger partial charge in [0, 0.05) is 5.92 Å². The van der Waals surface area contributed by atoms with E-state index in [1.807, 2.05) is 5.92 Å². The number of primary amides is 1. The number of nitrogens with zero attached hydrogens (tertiary/aromatic N) is 2. The summed E-state index contributed by atoms with van der Waals surface area (Å²) in [5, 5.41) is 8.65. The Labute approximate surface area is 84.1 Å². The van der Waals surface area contributed by atoms with Gasteiger partial charge in [-0.1, -0.05) is 0 Å². The first-order valence-corrected chi connectivity index (χ1v) is 3.68. The van der Waals surface area contributed by atoms with E-state index in [1.54, 1.807) is 0 Å². The average Bonchev–Trinajstić information content (AvgIpc) is 2.16. The van der Waals surface area contributed by atoms with Crippen molar-refractivity contribution >= 4 is 17.7 Å². The number of hydrogen-bond acceptors (Lipinski definition) is 5. The third-order valence-corrected chi connectivity index (χ3v) is 1.32. The van der Waals surface area contributed by atoms with Crippen molar-refractivity contribution in [1.82, 2.24) is 9.97 Å². The Bertz CT molecular complexity index is 486. The third-order valence-electron chi connectivity index (χ3n) is 1.32. The molecule has 0 spiro atoms. The van der Waals surface area contributed by atoms with Crippen LogP contribution in [-0.4, -0.2) is 27.0 Å². The summed E-state index contributed by atoms with van der Waals surface area (Å²) in [6.07, 6.45) is 1.15. The molecule has 0 aliphatic heterocycles. The monoisotopic (exact) mass is 206 g/mol. The third kappa shape index (κ3) is 2.67. The highest BCUT2D eigenvalue weighted by Crippen LogP contribution is 2.04. The first kappa shape index (κ1) is 10.5. The zero-order valence-electron chi connectivity index (χ0n) is 7.39. The van der Waals surface area contributed by atoms with Gasteiger partial charge in [0.05, 0.1) is 6.20 Å². The smallest absolute Gasteiger partial charge is 0.358 e. The normalized spacial score (nSPS) is 8.80. The van der Waals surface area contributed by atoms with Crippen LogP contribution in [0.25, 0.3) is 0 Å². The molecule has 7 nitrogen and oxygen atoms in total. The van der Waals surface area contributed by atoms with Crippen LogP contribution in [0.3, 0.4) is 0 Å². The number of nitrogens with two attached hydrogens (primary N) is 2. The molecule has 0 aromatic carbocycles. The largest absolute Gasteiger partial charge is 0.476 e. The van der Waals surface area contributed by atoms with Gasteiger partial charge in [0.15, 0.2) is 11.5 Å². The minimum absolute atomic E-state index is 0.0143. The van der Waals surface area contributed by atoms with Gasteiger partial charge < -0.3 is 16.6 Å². The lowest BCUT2D eigenvalue weighted by molar-refractivity contribution is -0.112. The molecule has 0 aliphatic rings. The van der Waals surface area contributed by atoms with E-state index in [0.717, 1.165) is 6.20 Å². The molecule has 0 radical (unpaired) electrons. The number of aromatic carboxylic acids is 1. The summed E-state index contributed by atoms with van der Waals surface area (Å²) in [5.74, 6) is 1.87. The maximum absolute atomic E-state index is 10.6. The molecular weight excluding hydrogens is 200 g/mol. The molecule has 76 valence electrons. The molecule has 5 N–H and O–H groups in total. The lowest BCUT2D eigenvalue weighted by Gasteiger charge is -1.97. The van der Waals surface area contributed by atoms with E-state index < -0.39 is 17.6 Å². The molecule has 15 heavy (non-hydrogen) atoms. The predicted molar refractivity (Wildman–Crippen MR) is 49.5 cm³/mol. The fourth-order valence-corrected chi connectivity index (χ4v) is 0.742. The van der Waals surface area contributed by atoms with Crippen molar-refractivity contribution in [3.8, 4) is 11.8 Å². The molecule has 7 heteroatoms. The second kappa shape index (κ2) is 4.06. The maximum atomic E-state index is 10.6. The predicted octanol–water partition coefficient (Wildman–Crippen LogP) is -1.41. The standard InChI is InChI=1S/C8H6N4O3/c9-5(13)2-1-4-3-11-7(10)6(12-4)8(14)15/h3H,(H2,9,13)(H2,10,11)(H,14,15). The van der Waals surface area contributed by atoms with Gasteiger partial charge in [-0.3, -0.25) is 4.79 Å². The molecule has 1 heterocycles. The van der Waals surface area contributed by atoms with Crippen molar-refractivity contribution in [2.45, 2.75) is 0 Å². The van der Waals surface area contributed by atoms with Crippen molar-refractivity contribution in [3.05, 3.63) is 17.6 Å². The van der Waals surface area contributed by atoms with E-state index in [4.69, 9.17) is 16.6 Å². The van der Waals surface area contributed by atoms with E-state index in [9.17, 15) is 9.59 Å². The van der Waals surface area contributed by atoms with Crippen LogP contribution >= 0.6 is 0 Å². The number of rotatable bonds is 1. The van der Waals surface area contributed by atoms with Gasteiger partial charge in [-0.2, -0.15) is 0 Å². The number of nitrogen functional groups attached to an aromatic ring is 1. The van der Waals surface area contributed by atoms with Gasteiger partial charge in [0.1, 0.15) is 5.69 Å². The SMILES string of the molecule is NC(=O)C#Cc1cnc(N)c(C(=O)O)n1. The molecule has 1 amide bonds. The molecule has 1 aromatic rings. The van der Waals surface area contributed by atoms with Gasteiger partial charge in [0.25, 0.3) is 5.91 Å². The summed E-state index contributed by atoms with van der Waals surface area (Å²) >= 11 is 0. The van der Waals surface area contributed by atoms with Crippen LogP contribution in [-0.2, 0) is 4.79 Å². The number of anilines is 1. The molecule has 1 rings (SSSR count). The highest BCUT2D eigenvalue weighted by atomic mass is 16.4. The Morgan fingerprint density at radius 3 is 2.67 bits per heavy atom. The fourth-order valence-electron chi connectivity index (χ4n) is 0.742. The Kier molecular flexibility index (Phi) is 2.83. The number of carbonyl (C=O) groups is 2. The van der Waals surface area contributed by atoms with Crippen LogP contribution in [0.2, 0.25) is 0 Å². The van der Waals surface area contributed by atoms with Gasteiger partial charge in [0.2, 0.25) is 0 Å². The molecule has 0 unspecified atom stereocenters. The molecule has 0 atom stereocenters. The summed E-state index contributed by atoms with van der Waals surface area (Å²) < 4.78 is 0. The van der Waals surface area contributed by atoms with E-state index >= 15 is 0 Å². The van der Waals surface area contributed by atoms with Crippen LogP contribution in [0.15, 0.2) is 6.20 Å². The van der Waals surface area contributed by atoms with Gasteiger partial charge in [-0.05, 0) is 5.92 Å². The molecule has 1 aromatic heterocycles. The highest BCUT2D eigenvalue weighted by Gasteiger charge is 2.11. The van der Waals surface area contributed by atoms with Crippen molar-refractivity contribution in [3.63, 3.8) is 0 Å². The van der Waals surface area contributed by atoms with Crippen LogP contribution < -0.4 is 11.5 Å². The van der Waals surface area contributed by atoms with Gasteiger partial charge in [-0.25, -0.2) is 14.8 Å². The molecule has 0 saturated carbocycles. The number of hydrogen-bond donors (Lipinski definition) is 3. The van der Waals surface area contributed by atoms with Crippen molar-refractivity contribution in [2.75, 3.05) is 5.73 Å². The van der Waals surface area contributed by atoms with E-state index in [1.165, 1.54) is 0 Å². The summed E-state index contributed by atoms with van der Waals surface area (Å²) in [6, 6.07) is 0. The first-order chi connectivity index (χ1) is 7.00. The maximum Gasteiger partial charge on any atom is 0.358 e. The van der Waals surface area contributed by atoms with Crippen LogP contribution in [0.4, 0.5) is 5.82 Å². The van der Waals surface area contributed by atoms with E-state index in [-0.39, 0.29) is 11.5 Å². The first-order valence-electron chi connectivity index (χ1n) is 3.68. The lowest BCUT2D eigenvalue weighted by Crippen LogP contribution is -2.09. The zero-order chi connectivity index (χ0) is 11.4. The Morgan fingerprint density at radius 1 is 1.47 bits per heavy atom. The lowest BCUT2D eigenvalue weighted by atomic mass is 10.3. The Hall–Kier alpha value is -2.62. The number of carboxylic acids is 1. The molecule has 0 fully saturated rings. The summed E-state index contributed by atoms with van der Waals surface area (Å²) in [5.41, 5.74) is 9.62. The van der Waals surface area contributed by atoms with E-state index in [2.05, 4.69) is 15.9 Å². The van der Waals surface area contributed by atoms with E-state index in [0.29, 0.717) is 0 Å². The highest BCUT2D eigenvalue weighted by molar-refractivity contribution is 5.93. The van der Waals surface area contributed by atoms with Crippen molar-refractivity contribution in [1.29, 1.82) is 0 Å². The zero-order valence-corrected chi connectivity index (χ0v) is 7.39. The quantitative estimate of drug-likeness (QED) is 0.484. The molecule has 0 saturated heterocycles. The molecular formula is C8H6N4O3. The summed E-state index contributed by atoms with van der Waals surface area (Å²) in [7, 11) is 0. The topological polar surface area (TPSA) is 132 Å². The fraction of sp³-hybridized carbons (Fsp3) is 0. The van der Waals surface area contributed by atoms with Crippen LogP contribution in [0.5, 0.6) is 0 Å². The number of carbonyl (C=O) groups excluding carboxylic acids is 1. The minimum Gasteiger partial charge on any atom is -0.476 e. The average molecular weight is 206 g/mol. The second-order valence-corrected chi connectivity index (χ2v) is 2.41. The van der Waals surface area contributed by atoms with Crippen molar-refractivity contribution < 1.29 is 14.7 Å². The molecule has 0 bridgehead atoms. The number of aromatic nitrogens is 2. The van der Waals surface area contributed by atoms with Gasteiger partial charge in [-0.15, -0.1) is 0 Å². The number of carboxylic acid groups (broad SMARTS) is 1. The van der Waals surface area contributed by atoms with Crippen LogP contribution in [0, 0.1) is 11.8 Å². The second-order valence-electron chi connectivity index (χ2n) is 2.41. The van der Waals surface area contributed by atoms with Gasteiger partial charge >= 0.3 is 5.97 Å².